The van der Waals surface area contributed by atoms with Gasteiger partial charge in [-0.2, -0.15) is 23.4 Å². The third-order valence-corrected chi connectivity index (χ3v) is 3.04. The number of nitrogens with one attached hydrogen (secondary N) is 1. The van der Waals surface area contributed by atoms with Crippen LogP contribution in [0.25, 0.3) is 0 Å². The summed E-state index contributed by atoms with van der Waals surface area (Å²) in [6, 6.07) is 0.234. The highest BCUT2D eigenvalue weighted by atomic mass is 19.4. The van der Waals surface area contributed by atoms with Gasteiger partial charge in [0.15, 0.2) is 11.4 Å². The predicted octanol–water partition coefficient (Wildman–Crippen LogP) is 1.15. The largest absolute Gasteiger partial charge is 0.478 e. The second-order valence-corrected chi connectivity index (χ2v) is 5.17. The van der Waals surface area contributed by atoms with Gasteiger partial charge in [0.2, 0.25) is 0 Å². The van der Waals surface area contributed by atoms with Gasteiger partial charge in [0, 0.05) is 25.5 Å². The smallest absolute Gasteiger partial charge is 0.435 e. The van der Waals surface area contributed by atoms with Crippen molar-refractivity contribution in [3.8, 4) is 0 Å². The number of halogens is 3. The summed E-state index contributed by atoms with van der Waals surface area (Å²) in [5, 5.41) is 18.7. The number of nitrogens with zero attached hydrogens (tertiary/aromatic N) is 4. The Bertz CT molecular complexity index is 765. The van der Waals surface area contributed by atoms with Gasteiger partial charge >= 0.3 is 12.1 Å². The van der Waals surface area contributed by atoms with Crippen molar-refractivity contribution in [3.63, 3.8) is 0 Å². The molecule has 0 spiro atoms. The molecule has 0 fully saturated rings. The van der Waals surface area contributed by atoms with Crippen molar-refractivity contribution < 1.29 is 27.9 Å². The summed E-state index contributed by atoms with van der Waals surface area (Å²) in [5.41, 5.74) is -1.56. The highest BCUT2D eigenvalue weighted by Gasteiger charge is 2.33. The Hall–Kier alpha value is -2.85. The molecule has 1 atom stereocenters. The molecule has 0 aliphatic carbocycles. The highest BCUT2D eigenvalue weighted by Crippen LogP contribution is 2.27. The number of aromatic carboxylic acids is 1. The number of aryl methyl sites for hydroxylation is 1. The van der Waals surface area contributed by atoms with Gasteiger partial charge in [-0.1, -0.05) is 0 Å². The second-order valence-electron chi connectivity index (χ2n) is 5.17. The van der Waals surface area contributed by atoms with E-state index in [1.54, 1.807) is 6.92 Å². The maximum absolute atomic E-state index is 12.5. The van der Waals surface area contributed by atoms with Gasteiger partial charge in [0.25, 0.3) is 5.91 Å². The van der Waals surface area contributed by atoms with Crippen LogP contribution in [0, 0.1) is 0 Å². The van der Waals surface area contributed by atoms with Gasteiger partial charge in [-0.15, -0.1) is 0 Å². The number of amides is 1. The number of hydrogen-bond donors (Lipinski definition) is 2. The molecule has 11 heteroatoms. The molecule has 0 aliphatic rings. The third-order valence-electron chi connectivity index (χ3n) is 3.04. The Labute approximate surface area is 133 Å². The summed E-state index contributed by atoms with van der Waals surface area (Å²) in [6.45, 7) is 1.54. The van der Waals surface area contributed by atoms with Gasteiger partial charge < -0.3 is 10.4 Å². The van der Waals surface area contributed by atoms with E-state index in [2.05, 4.69) is 15.5 Å². The van der Waals surface area contributed by atoms with Crippen LogP contribution in [0.5, 0.6) is 0 Å². The molecule has 1 amide bonds. The van der Waals surface area contributed by atoms with Crippen molar-refractivity contribution in [3.05, 3.63) is 35.4 Å². The molecule has 0 saturated heterocycles. The Morgan fingerprint density at radius 3 is 2.58 bits per heavy atom. The van der Waals surface area contributed by atoms with Gasteiger partial charge in [-0.05, 0) is 13.0 Å². The Morgan fingerprint density at radius 2 is 2.04 bits per heavy atom. The molecule has 0 saturated carbocycles. The molecule has 2 heterocycles. The lowest BCUT2D eigenvalue weighted by Crippen LogP contribution is -2.36. The Balaban J connectivity index is 2.04. The molecular formula is C13H14F3N5O3. The number of aromatic nitrogens is 4. The summed E-state index contributed by atoms with van der Waals surface area (Å²) < 4.78 is 39.7. The first-order chi connectivity index (χ1) is 11.1. The normalized spacial score (nSPS) is 12.9. The zero-order chi connectivity index (χ0) is 18.1. The fourth-order valence-electron chi connectivity index (χ4n) is 2.05. The standard InChI is InChI=1S/C13H14F3N5O3/c1-7(5-21-4-3-9(18-21)13(14,15)16)17-11(22)10-8(12(23)24)6-20(2)19-10/h3-4,6-7H,5H2,1-2H3,(H,17,22)(H,23,24). The first kappa shape index (κ1) is 17.5. The quantitative estimate of drug-likeness (QED) is 0.846. The average molecular weight is 345 g/mol. The number of carbonyl (C=O) groups excluding carboxylic acids is 1. The van der Waals surface area contributed by atoms with E-state index in [0.29, 0.717) is 0 Å². The Kier molecular flexibility index (Phi) is 4.62. The minimum atomic E-state index is -4.54. The lowest BCUT2D eigenvalue weighted by Gasteiger charge is -2.13. The fourth-order valence-corrected chi connectivity index (χ4v) is 2.05. The zero-order valence-electron chi connectivity index (χ0n) is 12.7. The van der Waals surface area contributed by atoms with E-state index in [-0.39, 0.29) is 17.8 Å². The molecule has 2 rings (SSSR count). The minimum Gasteiger partial charge on any atom is -0.478 e. The van der Waals surface area contributed by atoms with Crippen LogP contribution in [0.15, 0.2) is 18.5 Å². The summed E-state index contributed by atoms with van der Waals surface area (Å²) in [7, 11) is 1.47. The number of carbonyl (C=O) groups is 2. The lowest BCUT2D eigenvalue weighted by atomic mass is 10.2. The van der Waals surface area contributed by atoms with E-state index in [4.69, 9.17) is 5.11 Å². The maximum atomic E-state index is 12.5. The molecule has 130 valence electrons. The molecular weight excluding hydrogens is 331 g/mol. The number of carboxylic acids is 1. The van der Waals surface area contributed by atoms with Crippen LogP contribution >= 0.6 is 0 Å². The van der Waals surface area contributed by atoms with Crippen molar-refractivity contribution in [1.82, 2.24) is 24.9 Å². The van der Waals surface area contributed by atoms with Gasteiger partial charge in [0.05, 0.1) is 6.54 Å². The van der Waals surface area contributed by atoms with Crippen molar-refractivity contribution in [2.24, 2.45) is 7.05 Å². The Morgan fingerprint density at radius 1 is 1.38 bits per heavy atom. The van der Waals surface area contributed by atoms with Crippen molar-refractivity contribution in [2.75, 3.05) is 0 Å². The molecule has 8 nitrogen and oxygen atoms in total. The summed E-state index contributed by atoms with van der Waals surface area (Å²) in [4.78, 5) is 23.1. The van der Waals surface area contributed by atoms with Crippen molar-refractivity contribution in [2.45, 2.75) is 25.7 Å². The SMILES string of the molecule is CC(Cn1ccc(C(F)(F)F)n1)NC(=O)c1nn(C)cc1C(=O)O. The maximum Gasteiger partial charge on any atom is 0.435 e. The number of hydrogen-bond acceptors (Lipinski definition) is 4. The monoisotopic (exact) mass is 345 g/mol. The zero-order valence-corrected chi connectivity index (χ0v) is 12.7. The molecule has 1 unspecified atom stereocenters. The fraction of sp³-hybridized carbons (Fsp3) is 0.385. The van der Waals surface area contributed by atoms with Crippen molar-refractivity contribution in [1.29, 1.82) is 0 Å². The predicted molar refractivity (Wildman–Crippen MR) is 74.3 cm³/mol. The van der Waals surface area contributed by atoms with E-state index >= 15 is 0 Å². The van der Waals surface area contributed by atoms with Crippen LogP contribution < -0.4 is 5.32 Å². The molecule has 2 aromatic heterocycles. The van der Waals surface area contributed by atoms with E-state index in [1.807, 2.05) is 0 Å². The lowest BCUT2D eigenvalue weighted by molar-refractivity contribution is -0.141. The highest BCUT2D eigenvalue weighted by molar-refractivity contribution is 6.03. The molecule has 0 bridgehead atoms. The minimum absolute atomic E-state index is 0.0168. The van der Waals surface area contributed by atoms with Crippen LogP contribution in [-0.2, 0) is 19.8 Å². The van der Waals surface area contributed by atoms with Crippen LogP contribution in [0.4, 0.5) is 13.2 Å². The van der Waals surface area contributed by atoms with Gasteiger partial charge in [-0.25, -0.2) is 4.79 Å². The molecule has 0 radical (unpaired) electrons. The summed E-state index contributed by atoms with van der Waals surface area (Å²) in [6.07, 6.45) is -2.21. The average Bonchev–Trinajstić information content (AvgIpc) is 3.04. The molecule has 2 N–H and O–H groups in total. The number of alkyl halides is 3. The number of rotatable bonds is 5. The van der Waals surface area contributed by atoms with Crippen LogP contribution in [0.1, 0.15) is 33.5 Å². The van der Waals surface area contributed by atoms with Crippen LogP contribution in [0.3, 0.4) is 0 Å². The van der Waals surface area contributed by atoms with Gasteiger partial charge in [-0.3, -0.25) is 14.2 Å². The summed E-state index contributed by atoms with van der Waals surface area (Å²) in [5.74, 6) is -2.04. The topological polar surface area (TPSA) is 102 Å². The first-order valence-electron chi connectivity index (χ1n) is 6.76. The molecule has 2 aromatic rings. The first-order valence-corrected chi connectivity index (χ1v) is 6.76. The summed E-state index contributed by atoms with van der Waals surface area (Å²) >= 11 is 0. The molecule has 0 aliphatic heterocycles. The van der Waals surface area contributed by atoms with Crippen LogP contribution in [-0.4, -0.2) is 42.6 Å². The second kappa shape index (κ2) is 6.34. The van der Waals surface area contributed by atoms with Crippen molar-refractivity contribution >= 4 is 11.9 Å². The van der Waals surface area contributed by atoms with E-state index in [1.165, 1.54) is 17.9 Å². The molecule has 0 aromatic carbocycles. The van der Waals surface area contributed by atoms with E-state index in [9.17, 15) is 22.8 Å². The van der Waals surface area contributed by atoms with E-state index < -0.39 is 29.8 Å². The van der Waals surface area contributed by atoms with Gasteiger partial charge in [0.1, 0.15) is 5.56 Å². The third kappa shape index (κ3) is 3.91. The van der Waals surface area contributed by atoms with E-state index in [0.717, 1.165) is 16.9 Å². The van der Waals surface area contributed by atoms with Crippen LogP contribution in [0.2, 0.25) is 0 Å². The molecule has 24 heavy (non-hydrogen) atoms. The number of carboxylic acid groups (broad SMARTS) is 1.